The predicted molar refractivity (Wildman–Crippen MR) is 73.8 cm³/mol. The summed E-state index contributed by atoms with van der Waals surface area (Å²) >= 11 is 0. The van der Waals surface area contributed by atoms with Crippen molar-refractivity contribution >= 4 is 5.82 Å². The molecule has 0 aromatic carbocycles. The van der Waals surface area contributed by atoms with E-state index in [0.717, 1.165) is 23.6 Å². The topological polar surface area (TPSA) is 70.9 Å². The maximum absolute atomic E-state index is 9.42. The number of rotatable bonds is 6. The highest BCUT2D eigenvalue weighted by atomic mass is 16.3. The minimum atomic E-state index is 0.116. The summed E-state index contributed by atoms with van der Waals surface area (Å²) in [5.74, 6) is 0.900. The van der Waals surface area contributed by atoms with Crippen molar-refractivity contribution in [2.45, 2.75) is 13.3 Å². The zero-order valence-electron chi connectivity index (χ0n) is 11.0. The minimum Gasteiger partial charge on any atom is -0.396 e. The van der Waals surface area contributed by atoms with Gasteiger partial charge < -0.3 is 10.4 Å². The number of hydrogen-bond donors (Lipinski definition) is 2. The molecule has 2 aromatic rings. The van der Waals surface area contributed by atoms with Crippen LogP contribution in [0.4, 0.5) is 5.82 Å². The molecular formula is C14H18N4O. The van der Waals surface area contributed by atoms with E-state index in [1.807, 2.05) is 31.2 Å². The van der Waals surface area contributed by atoms with E-state index >= 15 is 0 Å². The van der Waals surface area contributed by atoms with E-state index in [-0.39, 0.29) is 12.5 Å². The van der Waals surface area contributed by atoms with Gasteiger partial charge in [-0.2, -0.15) is 0 Å². The van der Waals surface area contributed by atoms with Gasteiger partial charge in [0.05, 0.1) is 0 Å². The molecule has 0 radical (unpaired) electrons. The Labute approximate surface area is 112 Å². The number of nitrogens with one attached hydrogen (secondary N) is 1. The Morgan fingerprint density at radius 3 is 2.84 bits per heavy atom. The van der Waals surface area contributed by atoms with Gasteiger partial charge in [0, 0.05) is 42.7 Å². The molecular weight excluding hydrogens is 240 g/mol. The van der Waals surface area contributed by atoms with E-state index in [4.69, 9.17) is 0 Å². The third kappa shape index (κ3) is 4.30. The van der Waals surface area contributed by atoms with Crippen LogP contribution in [0.1, 0.15) is 11.4 Å². The molecule has 5 heteroatoms. The third-order valence-corrected chi connectivity index (χ3v) is 2.86. The fourth-order valence-electron chi connectivity index (χ4n) is 1.82. The van der Waals surface area contributed by atoms with Gasteiger partial charge >= 0.3 is 0 Å². The van der Waals surface area contributed by atoms with Crippen LogP contribution in [-0.2, 0) is 6.42 Å². The van der Waals surface area contributed by atoms with Crippen molar-refractivity contribution in [3.05, 3.63) is 48.2 Å². The number of aliphatic hydroxyl groups excluding tert-OH is 1. The summed E-state index contributed by atoms with van der Waals surface area (Å²) in [6.45, 7) is 2.70. The van der Waals surface area contributed by atoms with Gasteiger partial charge in [0.2, 0.25) is 0 Å². The second kappa shape index (κ2) is 6.80. The molecule has 2 N–H and O–H groups in total. The van der Waals surface area contributed by atoms with Gasteiger partial charge in [-0.3, -0.25) is 4.98 Å². The van der Waals surface area contributed by atoms with Crippen molar-refractivity contribution in [1.82, 2.24) is 15.0 Å². The Kier molecular flexibility index (Phi) is 4.80. The standard InChI is InChI=1S/C14H18N4O/c1-11-6-14(18-10-17-11)16-8-12(9-19)7-13-4-2-3-5-15-13/h2-6,10,12,19H,7-9H2,1H3,(H,16,17,18). The molecule has 0 bridgehead atoms. The normalized spacial score (nSPS) is 12.1. The monoisotopic (exact) mass is 258 g/mol. The first kappa shape index (κ1) is 13.4. The zero-order valence-corrected chi connectivity index (χ0v) is 11.0. The van der Waals surface area contributed by atoms with Crippen molar-refractivity contribution in [1.29, 1.82) is 0 Å². The summed E-state index contributed by atoms with van der Waals surface area (Å²) in [5, 5.41) is 12.6. The van der Waals surface area contributed by atoms with Crippen LogP contribution in [0.2, 0.25) is 0 Å². The largest absolute Gasteiger partial charge is 0.396 e. The number of aliphatic hydroxyl groups is 1. The van der Waals surface area contributed by atoms with Crippen molar-refractivity contribution < 1.29 is 5.11 Å². The molecule has 1 atom stereocenters. The van der Waals surface area contributed by atoms with E-state index in [9.17, 15) is 5.11 Å². The summed E-state index contributed by atoms with van der Waals surface area (Å²) in [5.41, 5.74) is 1.91. The molecule has 0 saturated carbocycles. The fourth-order valence-corrected chi connectivity index (χ4v) is 1.82. The minimum absolute atomic E-state index is 0.116. The van der Waals surface area contributed by atoms with Crippen LogP contribution in [0.25, 0.3) is 0 Å². The van der Waals surface area contributed by atoms with Gasteiger partial charge in [-0.15, -0.1) is 0 Å². The van der Waals surface area contributed by atoms with Crippen molar-refractivity contribution in [3.63, 3.8) is 0 Å². The summed E-state index contributed by atoms with van der Waals surface area (Å²) < 4.78 is 0. The Hall–Kier alpha value is -2.01. The second-order valence-electron chi connectivity index (χ2n) is 4.50. The summed E-state index contributed by atoms with van der Waals surface area (Å²) in [7, 11) is 0. The van der Waals surface area contributed by atoms with E-state index in [0.29, 0.717) is 6.54 Å². The van der Waals surface area contributed by atoms with Gasteiger partial charge in [0.15, 0.2) is 0 Å². The molecule has 1 unspecified atom stereocenters. The molecule has 5 nitrogen and oxygen atoms in total. The van der Waals surface area contributed by atoms with E-state index in [1.165, 1.54) is 6.33 Å². The van der Waals surface area contributed by atoms with Crippen LogP contribution in [0, 0.1) is 12.8 Å². The summed E-state index contributed by atoms with van der Waals surface area (Å²) in [6.07, 6.45) is 4.05. The highest BCUT2D eigenvalue weighted by Gasteiger charge is 2.09. The third-order valence-electron chi connectivity index (χ3n) is 2.86. The molecule has 2 aromatic heterocycles. The second-order valence-corrected chi connectivity index (χ2v) is 4.50. The Bertz CT molecular complexity index is 504. The van der Waals surface area contributed by atoms with Crippen LogP contribution in [0.3, 0.4) is 0 Å². The molecule has 2 heterocycles. The smallest absolute Gasteiger partial charge is 0.129 e. The number of hydrogen-bond acceptors (Lipinski definition) is 5. The van der Waals surface area contributed by atoms with Crippen molar-refractivity contribution in [3.8, 4) is 0 Å². The first-order valence-electron chi connectivity index (χ1n) is 6.31. The van der Waals surface area contributed by atoms with Gasteiger partial charge in [0.1, 0.15) is 12.1 Å². The molecule has 100 valence electrons. The van der Waals surface area contributed by atoms with Crippen LogP contribution >= 0.6 is 0 Å². The maximum atomic E-state index is 9.42. The number of anilines is 1. The molecule has 0 saturated heterocycles. The highest BCUT2D eigenvalue weighted by Crippen LogP contribution is 2.08. The predicted octanol–water partition coefficient (Wildman–Crippen LogP) is 1.44. The van der Waals surface area contributed by atoms with Crippen molar-refractivity contribution in [2.75, 3.05) is 18.5 Å². The Balaban J connectivity index is 1.89. The molecule has 0 aliphatic rings. The van der Waals surface area contributed by atoms with E-state index < -0.39 is 0 Å². The molecule has 2 rings (SSSR count). The summed E-state index contributed by atoms with van der Waals surface area (Å²) in [4.78, 5) is 12.4. The lowest BCUT2D eigenvalue weighted by molar-refractivity contribution is 0.232. The Morgan fingerprint density at radius 2 is 2.16 bits per heavy atom. The lowest BCUT2D eigenvalue weighted by Gasteiger charge is -2.15. The first-order chi connectivity index (χ1) is 9.28. The number of aromatic nitrogens is 3. The average molecular weight is 258 g/mol. The molecule has 0 amide bonds. The van der Waals surface area contributed by atoms with Crippen LogP contribution < -0.4 is 5.32 Å². The lowest BCUT2D eigenvalue weighted by atomic mass is 10.0. The maximum Gasteiger partial charge on any atom is 0.129 e. The molecule has 19 heavy (non-hydrogen) atoms. The van der Waals surface area contributed by atoms with Gasteiger partial charge in [0.25, 0.3) is 0 Å². The summed E-state index contributed by atoms with van der Waals surface area (Å²) in [6, 6.07) is 7.70. The zero-order chi connectivity index (χ0) is 13.5. The van der Waals surface area contributed by atoms with Crippen LogP contribution in [0.5, 0.6) is 0 Å². The van der Waals surface area contributed by atoms with Gasteiger partial charge in [-0.1, -0.05) is 6.07 Å². The average Bonchev–Trinajstić information content (AvgIpc) is 2.44. The Morgan fingerprint density at radius 1 is 1.26 bits per heavy atom. The number of nitrogens with zero attached hydrogens (tertiary/aromatic N) is 3. The first-order valence-corrected chi connectivity index (χ1v) is 6.31. The van der Waals surface area contributed by atoms with E-state index in [2.05, 4.69) is 20.3 Å². The quantitative estimate of drug-likeness (QED) is 0.820. The van der Waals surface area contributed by atoms with Gasteiger partial charge in [-0.05, 0) is 25.5 Å². The SMILES string of the molecule is Cc1cc(NCC(CO)Cc2ccccn2)ncn1. The van der Waals surface area contributed by atoms with E-state index in [1.54, 1.807) is 6.20 Å². The molecule has 0 aliphatic carbocycles. The number of aryl methyl sites for hydroxylation is 1. The molecule has 0 aliphatic heterocycles. The lowest BCUT2D eigenvalue weighted by Crippen LogP contribution is -2.21. The van der Waals surface area contributed by atoms with Crippen LogP contribution in [-0.4, -0.2) is 33.2 Å². The highest BCUT2D eigenvalue weighted by molar-refractivity contribution is 5.34. The van der Waals surface area contributed by atoms with Gasteiger partial charge in [-0.25, -0.2) is 9.97 Å². The fraction of sp³-hybridized carbons (Fsp3) is 0.357. The number of pyridine rings is 1. The molecule has 0 fully saturated rings. The van der Waals surface area contributed by atoms with Crippen molar-refractivity contribution in [2.24, 2.45) is 5.92 Å². The molecule has 0 spiro atoms. The van der Waals surface area contributed by atoms with Crippen LogP contribution in [0.15, 0.2) is 36.8 Å².